The van der Waals surface area contributed by atoms with Gasteiger partial charge in [0.25, 0.3) is 0 Å². The smallest absolute Gasteiger partial charge is 0.0331 e. The highest BCUT2D eigenvalue weighted by atomic mass is 127. The van der Waals surface area contributed by atoms with Crippen molar-refractivity contribution < 1.29 is 0 Å². The van der Waals surface area contributed by atoms with E-state index in [1.165, 1.54) is 9.13 Å². The molecule has 0 aliphatic heterocycles. The van der Waals surface area contributed by atoms with Crippen molar-refractivity contribution in [1.82, 2.24) is 0 Å². The van der Waals surface area contributed by atoms with Crippen LogP contribution in [0.15, 0.2) is 24.3 Å². The van der Waals surface area contributed by atoms with E-state index in [0.717, 1.165) is 6.42 Å². The molecule has 0 saturated carbocycles. The van der Waals surface area contributed by atoms with E-state index in [9.17, 15) is 0 Å². The molecule has 2 heteroatoms. The second-order valence-electron chi connectivity index (χ2n) is 3.43. The Morgan fingerprint density at radius 3 is 2.54 bits per heavy atom. The molecule has 2 atom stereocenters. The number of halogens is 1. The van der Waals surface area contributed by atoms with Crippen molar-refractivity contribution in [3.8, 4) is 0 Å². The molecule has 0 heterocycles. The van der Waals surface area contributed by atoms with Crippen LogP contribution in [0, 0.1) is 9.49 Å². The van der Waals surface area contributed by atoms with Gasteiger partial charge in [-0.15, -0.1) is 0 Å². The number of nitrogens with two attached hydrogens (primary N) is 1. The third-order valence-electron chi connectivity index (χ3n) is 2.52. The molecular formula is C11H16IN. The zero-order chi connectivity index (χ0) is 9.84. The predicted octanol–water partition coefficient (Wildman–Crippen LogP) is 3.34. The fourth-order valence-electron chi connectivity index (χ4n) is 1.31. The second-order valence-corrected chi connectivity index (χ2v) is 4.60. The molecule has 0 aliphatic rings. The van der Waals surface area contributed by atoms with E-state index in [4.69, 9.17) is 5.73 Å². The first-order valence-electron chi connectivity index (χ1n) is 4.66. The SMILES string of the molecule is CCC(C)[C@H](N)c1ccccc1I. The van der Waals surface area contributed by atoms with Crippen molar-refractivity contribution in [1.29, 1.82) is 0 Å². The number of benzene rings is 1. The Kier molecular flexibility index (Phi) is 4.19. The summed E-state index contributed by atoms with van der Waals surface area (Å²) in [6.45, 7) is 4.38. The van der Waals surface area contributed by atoms with E-state index in [1.54, 1.807) is 0 Å². The maximum atomic E-state index is 6.15. The van der Waals surface area contributed by atoms with Crippen molar-refractivity contribution in [2.75, 3.05) is 0 Å². The fourth-order valence-corrected chi connectivity index (χ4v) is 2.05. The van der Waals surface area contributed by atoms with Gasteiger partial charge >= 0.3 is 0 Å². The van der Waals surface area contributed by atoms with Gasteiger partial charge in [-0.3, -0.25) is 0 Å². The molecular weight excluding hydrogens is 273 g/mol. The van der Waals surface area contributed by atoms with E-state index in [2.05, 4.69) is 60.7 Å². The summed E-state index contributed by atoms with van der Waals surface area (Å²) in [7, 11) is 0. The summed E-state index contributed by atoms with van der Waals surface area (Å²) in [5, 5.41) is 0. The van der Waals surface area contributed by atoms with Crippen LogP contribution >= 0.6 is 22.6 Å². The predicted molar refractivity (Wildman–Crippen MR) is 65.5 cm³/mol. The minimum absolute atomic E-state index is 0.179. The van der Waals surface area contributed by atoms with Crippen LogP contribution in [0.1, 0.15) is 31.9 Å². The Hall–Kier alpha value is -0.0900. The molecule has 13 heavy (non-hydrogen) atoms. The van der Waals surface area contributed by atoms with Gasteiger partial charge in [-0.1, -0.05) is 38.5 Å². The van der Waals surface area contributed by atoms with Crippen molar-refractivity contribution in [2.24, 2.45) is 11.7 Å². The fraction of sp³-hybridized carbons (Fsp3) is 0.455. The van der Waals surface area contributed by atoms with Crippen LogP contribution in [-0.4, -0.2) is 0 Å². The molecule has 1 unspecified atom stereocenters. The lowest BCUT2D eigenvalue weighted by Crippen LogP contribution is -2.19. The van der Waals surface area contributed by atoms with Gasteiger partial charge in [0, 0.05) is 9.61 Å². The van der Waals surface area contributed by atoms with Crippen LogP contribution in [0.3, 0.4) is 0 Å². The minimum atomic E-state index is 0.179. The highest BCUT2D eigenvalue weighted by Gasteiger charge is 2.14. The van der Waals surface area contributed by atoms with Crippen molar-refractivity contribution >= 4 is 22.6 Å². The molecule has 1 rings (SSSR count). The van der Waals surface area contributed by atoms with Gasteiger partial charge in [-0.05, 0) is 40.1 Å². The quantitative estimate of drug-likeness (QED) is 0.849. The molecule has 0 saturated heterocycles. The summed E-state index contributed by atoms with van der Waals surface area (Å²) in [5.74, 6) is 0.552. The highest BCUT2D eigenvalue weighted by Crippen LogP contribution is 2.25. The maximum absolute atomic E-state index is 6.15. The summed E-state index contributed by atoms with van der Waals surface area (Å²) in [4.78, 5) is 0. The van der Waals surface area contributed by atoms with Gasteiger partial charge in [0.1, 0.15) is 0 Å². The topological polar surface area (TPSA) is 26.0 Å². The molecule has 72 valence electrons. The van der Waals surface area contributed by atoms with E-state index < -0.39 is 0 Å². The lowest BCUT2D eigenvalue weighted by atomic mass is 9.93. The first-order valence-corrected chi connectivity index (χ1v) is 5.74. The van der Waals surface area contributed by atoms with Crippen molar-refractivity contribution in [3.63, 3.8) is 0 Å². The average Bonchev–Trinajstić information content (AvgIpc) is 2.16. The Bertz CT molecular complexity index is 273. The van der Waals surface area contributed by atoms with Crippen LogP contribution in [0.25, 0.3) is 0 Å². The molecule has 0 spiro atoms. The monoisotopic (exact) mass is 289 g/mol. The van der Waals surface area contributed by atoms with Gasteiger partial charge in [-0.25, -0.2) is 0 Å². The highest BCUT2D eigenvalue weighted by molar-refractivity contribution is 14.1. The van der Waals surface area contributed by atoms with E-state index in [1.807, 2.05) is 0 Å². The Morgan fingerprint density at radius 2 is 2.00 bits per heavy atom. The molecule has 1 nitrogen and oxygen atoms in total. The molecule has 1 aromatic rings. The van der Waals surface area contributed by atoms with Crippen LogP contribution < -0.4 is 5.73 Å². The number of hydrogen-bond acceptors (Lipinski definition) is 1. The lowest BCUT2D eigenvalue weighted by Gasteiger charge is -2.19. The largest absolute Gasteiger partial charge is 0.324 e. The number of rotatable bonds is 3. The van der Waals surface area contributed by atoms with Crippen LogP contribution in [-0.2, 0) is 0 Å². The minimum Gasteiger partial charge on any atom is -0.324 e. The molecule has 0 aliphatic carbocycles. The molecule has 0 aromatic heterocycles. The Balaban J connectivity index is 2.88. The first-order chi connectivity index (χ1) is 6.16. The van der Waals surface area contributed by atoms with Gasteiger partial charge < -0.3 is 5.73 Å². The Labute approximate surface area is 93.9 Å². The van der Waals surface area contributed by atoms with E-state index in [0.29, 0.717) is 5.92 Å². The number of hydrogen-bond donors (Lipinski definition) is 1. The Morgan fingerprint density at radius 1 is 1.38 bits per heavy atom. The lowest BCUT2D eigenvalue weighted by molar-refractivity contribution is 0.455. The first kappa shape index (κ1) is 11.0. The average molecular weight is 289 g/mol. The zero-order valence-corrected chi connectivity index (χ0v) is 10.3. The van der Waals surface area contributed by atoms with Crippen LogP contribution in [0.2, 0.25) is 0 Å². The molecule has 0 bridgehead atoms. The molecule has 0 fully saturated rings. The van der Waals surface area contributed by atoms with Crippen LogP contribution in [0.5, 0.6) is 0 Å². The van der Waals surface area contributed by atoms with Crippen molar-refractivity contribution in [2.45, 2.75) is 26.3 Å². The maximum Gasteiger partial charge on any atom is 0.0331 e. The summed E-state index contributed by atoms with van der Waals surface area (Å²) < 4.78 is 1.27. The van der Waals surface area contributed by atoms with E-state index >= 15 is 0 Å². The second kappa shape index (κ2) is 4.96. The molecule has 0 amide bonds. The third kappa shape index (κ3) is 2.68. The van der Waals surface area contributed by atoms with Crippen molar-refractivity contribution in [3.05, 3.63) is 33.4 Å². The molecule has 1 aromatic carbocycles. The summed E-state index contributed by atoms with van der Waals surface area (Å²) >= 11 is 2.35. The summed E-state index contributed by atoms with van der Waals surface area (Å²) in [6.07, 6.45) is 1.13. The van der Waals surface area contributed by atoms with Gasteiger partial charge in [0.15, 0.2) is 0 Å². The summed E-state index contributed by atoms with van der Waals surface area (Å²) in [5.41, 5.74) is 7.42. The summed E-state index contributed by atoms with van der Waals surface area (Å²) in [6, 6.07) is 8.52. The van der Waals surface area contributed by atoms with E-state index in [-0.39, 0.29) is 6.04 Å². The molecule has 0 radical (unpaired) electrons. The molecule has 2 N–H and O–H groups in total. The zero-order valence-electron chi connectivity index (χ0n) is 8.13. The normalized spacial score (nSPS) is 15.4. The van der Waals surface area contributed by atoms with Gasteiger partial charge in [0.2, 0.25) is 0 Å². The standard InChI is InChI=1S/C11H16IN/c1-3-8(2)11(13)9-6-4-5-7-10(9)12/h4-8,11H,3,13H2,1-2H3/t8?,11-/m0/s1. The third-order valence-corrected chi connectivity index (χ3v) is 3.50. The van der Waals surface area contributed by atoms with Gasteiger partial charge in [0.05, 0.1) is 0 Å². The van der Waals surface area contributed by atoms with Gasteiger partial charge in [-0.2, -0.15) is 0 Å². The van der Waals surface area contributed by atoms with Crippen LogP contribution in [0.4, 0.5) is 0 Å².